The van der Waals surface area contributed by atoms with Gasteiger partial charge in [0.15, 0.2) is 0 Å². The summed E-state index contributed by atoms with van der Waals surface area (Å²) >= 11 is 0. The summed E-state index contributed by atoms with van der Waals surface area (Å²) in [7, 11) is 1.69. The second kappa shape index (κ2) is 4.94. The second-order valence-corrected chi connectivity index (χ2v) is 3.70. The van der Waals surface area contributed by atoms with Crippen LogP contribution >= 0.6 is 0 Å². The van der Waals surface area contributed by atoms with Crippen LogP contribution in [-0.4, -0.2) is 36.1 Å². The lowest BCUT2D eigenvalue weighted by atomic mass is 10.0. The van der Waals surface area contributed by atoms with Gasteiger partial charge in [0.25, 0.3) is 5.91 Å². The van der Waals surface area contributed by atoms with Crippen LogP contribution in [0, 0.1) is 13.8 Å². The van der Waals surface area contributed by atoms with E-state index in [-0.39, 0.29) is 12.5 Å². The summed E-state index contributed by atoms with van der Waals surface area (Å²) in [6.45, 7) is 4.28. The van der Waals surface area contributed by atoms with Gasteiger partial charge in [-0.1, -0.05) is 12.1 Å². The average molecular weight is 207 g/mol. The molecule has 0 aliphatic heterocycles. The fourth-order valence-electron chi connectivity index (χ4n) is 1.44. The molecule has 1 aromatic rings. The topological polar surface area (TPSA) is 40.5 Å². The van der Waals surface area contributed by atoms with Crippen LogP contribution in [0.2, 0.25) is 0 Å². The van der Waals surface area contributed by atoms with Gasteiger partial charge in [0.2, 0.25) is 0 Å². The molecule has 0 saturated carbocycles. The number of benzene rings is 1. The molecule has 0 fully saturated rings. The highest BCUT2D eigenvalue weighted by molar-refractivity contribution is 5.95. The quantitative estimate of drug-likeness (QED) is 0.813. The van der Waals surface area contributed by atoms with Crippen molar-refractivity contribution in [1.29, 1.82) is 0 Å². The molecule has 0 aromatic heterocycles. The molecule has 0 aliphatic carbocycles. The van der Waals surface area contributed by atoms with Gasteiger partial charge < -0.3 is 10.0 Å². The highest BCUT2D eigenvalue weighted by Gasteiger charge is 2.13. The zero-order chi connectivity index (χ0) is 11.4. The molecule has 0 aliphatic rings. The van der Waals surface area contributed by atoms with Gasteiger partial charge in [-0.05, 0) is 31.0 Å². The second-order valence-electron chi connectivity index (χ2n) is 3.70. The van der Waals surface area contributed by atoms with Gasteiger partial charge >= 0.3 is 0 Å². The largest absolute Gasteiger partial charge is 0.395 e. The van der Waals surface area contributed by atoms with E-state index in [2.05, 4.69) is 0 Å². The number of likely N-dealkylation sites (N-methyl/N-ethyl adjacent to an activating group) is 1. The van der Waals surface area contributed by atoms with Gasteiger partial charge in [-0.2, -0.15) is 0 Å². The number of amides is 1. The van der Waals surface area contributed by atoms with Crippen molar-refractivity contribution in [1.82, 2.24) is 4.90 Å². The minimum atomic E-state index is -0.0368. The number of nitrogens with zero attached hydrogens (tertiary/aromatic N) is 1. The van der Waals surface area contributed by atoms with Crippen LogP contribution in [-0.2, 0) is 0 Å². The van der Waals surface area contributed by atoms with Crippen LogP contribution in [0.1, 0.15) is 21.5 Å². The highest BCUT2D eigenvalue weighted by Crippen LogP contribution is 2.14. The third-order valence-electron chi connectivity index (χ3n) is 2.62. The Morgan fingerprint density at radius 1 is 1.40 bits per heavy atom. The van der Waals surface area contributed by atoms with Crippen molar-refractivity contribution in [3.8, 4) is 0 Å². The maximum atomic E-state index is 11.9. The van der Waals surface area contributed by atoms with E-state index in [0.717, 1.165) is 11.1 Å². The molecule has 0 atom stereocenters. The van der Waals surface area contributed by atoms with Crippen LogP contribution in [0.3, 0.4) is 0 Å². The first kappa shape index (κ1) is 11.7. The van der Waals surface area contributed by atoms with E-state index in [1.54, 1.807) is 7.05 Å². The third kappa shape index (κ3) is 2.57. The highest BCUT2D eigenvalue weighted by atomic mass is 16.3. The van der Waals surface area contributed by atoms with E-state index in [4.69, 9.17) is 5.11 Å². The average Bonchev–Trinajstić information content (AvgIpc) is 2.21. The molecule has 0 unspecified atom stereocenters. The number of rotatable bonds is 3. The Bertz CT molecular complexity index is 361. The van der Waals surface area contributed by atoms with Crippen molar-refractivity contribution in [2.24, 2.45) is 0 Å². The molecule has 82 valence electrons. The Balaban J connectivity index is 2.96. The van der Waals surface area contributed by atoms with Gasteiger partial charge in [-0.15, -0.1) is 0 Å². The summed E-state index contributed by atoms with van der Waals surface area (Å²) in [6.07, 6.45) is 0. The summed E-state index contributed by atoms with van der Waals surface area (Å²) in [4.78, 5) is 13.5. The molecule has 0 spiro atoms. The molecule has 0 bridgehead atoms. The summed E-state index contributed by atoms with van der Waals surface area (Å²) in [5, 5.41) is 8.76. The Morgan fingerprint density at radius 3 is 2.67 bits per heavy atom. The lowest BCUT2D eigenvalue weighted by Gasteiger charge is -2.17. The monoisotopic (exact) mass is 207 g/mol. The molecule has 3 nitrogen and oxygen atoms in total. The van der Waals surface area contributed by atoms with Gasteiger partial charge in [0.05, 0.1) is 6.61 Å². The van der Waals surface area contributed by atoms with E-state index in [0.29, 0.717) is 12.1 Å². The van der Waals surface area contributed by atoms with E-state index in [9.17, 15) is 4.79 Å². The zero-order valence-corrected chi connectivity index (χ0v) is 9.45. The molecule has 0 heterocycles. The van der Waals surface area contributed by atoms with Crippen LogP contribution < -0.4 is 0 Å². The number of carbonyl (C=O) groups excluding carboxylic acids is 1. The molecule has 3 heteroatoms. The molecule has 15 heavy (non-hydrogen) atoms. The fourth-order valence-corrected chi connectivity index (χ4v) is 1.44. The molecule has 0 radical (unpaired) electrons. The number of aryl methyl sites for hydroxylation is 1. The van der Waals surface area contributed by atoms with Crippen LogP contribution in [0.4, 0.5) is 0 Å². The third-order valence-corrected chi connectivity index (χ3v) is 2.62. The summed E-state index contributed by atoms with van der Waals surface area (Å²) in [6, 6.07) is 5.68. The molecule has 0 saturated heterocycles. The smallest absolute Gasteiger partial charge is 0.253 e. The zero-order valence-electron chi connectivity index (χ0n) is 9.45. The van der Waals surface area contributed by atoms with Crippen LogP contribution in [0.5, 0.6) is 0 Å². The van der Waals surface area contributed by atoms with Crippen molar-refractivity contribution in [2.45, 2.75) is 13.8 Å². The Kier molecular flexibility index (Phi) is 3.86. The van der Waals surface area contributed by atoms with Gasteiger partial charge in [-0.3, -0.25) is 4.79 Å². The number of hydrogen-bond donors (Lipinski definition) is 1. The van der Waals surface area contributed by atoms with Gasteiger partial charge in [-0.25, -0.2) is 0 Å². The van der Waals surface area contributed by atoms with Gasteiger partial charge in [0.1, 0.15) is 0 Å². The predicted molar refractivity (Wildman–Crippen MR) is 60.0 cm³/mol. The van der Waals surface area contributed by atoms with Gasteiger partial charge in [0, 0.05) is 19.2 Å². The fraction of sp³-hybridized carbons (Fsp3) is 0.417. The molecular formula is C12H17NO2. The Hall–Kier alpha value is -1.35. The van der Waals surface area contributed by atoms with Crippen molar-refractivity contribution in [2.75, 3.05) is 20.2 Å². The van der Waals surface area contributed by atoms with Crippen molar-refractivity contribution in [3.63, 3.8) is 0 Å². The Labute approximate surface area is 90.3 Å². The first-order valence-corrected chi connectivity index (χ1v) is 5.00. The normalized spacial score (nSPS) is 10.1. The van der Waals surface area contributed by atoms with Crippen LogP contribution in [0.15, 0.2) is 18.2 Å². The minimum Gasteiger partial charge on any atom is -0.395 e. The number of aliphatic hydroxyl groups excluding tert-OH is 1. The number of hydrogen-bond acceptors (Lipinski definition) is 2. The summed E-state index contributed by atoms with van der Waals surface area (Å²) < 4.78 is 0. The number of carbonyl (C=O) groups is 1. The van der Waals surface area contributed by atoms with E-state index >= 15 is 0 Å². The maximum Gasteiger partial charge on any atom is 0.253 e. The Morgan fingerprint density at radius 2 is 2.07 bits per heavy atom. The first-order valence-electron chi connectivity index (χ1n) is 5.00. The van der Waals surface area contributed by atoms with Crippen molar-refractivity contribution >= 4 is 5.91 Å². The van der Waals surface area contributed by atoms with E-state index < -0.39 is 0 Å². The van der Waals surface area contributed by atoms with Crippen molar-refractivity contribution < 1.29 is 9.90 Å². The molecule has 1 amide bonds. The lowest BCUT2D eigenvalue weighted by Crippen LogP contribution is -2.30. The SMILES string of the molecule is Cc1cccc(C(=O)N(C)CCO)c1C. The molecular weight excluding hydrogens is 190 g/mol. The first-order chi connectivity index (χ1) is 7.07. The van der Waals surface area contributed by atoms with Crippen molar-refractivity contribution in [3.05, 3.63) is 34.9 Å². The summed E-state index contributed by atoms with van der Waals surface area (Å²) in [5.41, 5.74) is 2.83. The van der Waals surface area contributed by atoms with Crippen LogP contribution in [0.25, 0.3) is 0 Å². The molecule has 1 aromatic carbocycles. The lowest BCUT2D eigenvalue weighted by molar-refractivity contribution is 0.0766. The predicted octanol–water partition coefficient (Wildman–Crippen LogP) is 1.37. The minimum absolute atomic E-state index is 0.00684. The number of aliphatic hydroxyl groups is 1. The standard InChI is InChI=1S/C12H17NO2/c1-9-5-4-6-11(10(9)2)12(15)13(3)7-8-14/h4-6,14H,7-8H2,1-3H3. The van der Waals surface area contributed by atoms with E-state index in [1.165, 1.54) is 4.90 Å². The molecule has 1 N–H and O–H groups in total. The summed E-state index contributed by atoms with van der Waals surface area (Å²) in [5.74, 6) is -0.0368. The van der Waals surface area contributed by atoms with E-state index in [1.807, 2.05) is 32.0 Å². The molecule has 1 rings (SSSR count). The maximum absolute atomic E-state index is 11.9.